The van der Waals surface area contributed by atoms with Crippen LogP contribution in [0.3, 0.4) is 0 Å². The Labute approximate surface area is 55.9 Å². The van der Waals surface area contributed by atoms with Crippen LogP contribution in [-0.2, 0) is 0 Å². The normalized spacial score (nSPS) is 29.4. The van der Waals surface area contributed by atoms with Gasteiger partial charge in [-0.2, -0.15) is 0 Å². The van der Waals surface area contributed by atoms with Crippen molar-refractivity contribution in [3.63, 3.8) is 0 Å². The van der Waals surface area contributed by atoms with E-state index in [1.165, 1.54) is 12.8 Å². The Bertz CT molecular complexity index is 58.6. The number of alkyl halides is 2. The Balaban J connectivity index is 2.40. The maximum atomic E-state index is 2.41. The summed E-state index contributed by atoms with van der Waals surface area (Å²) in [5, 5.41) is 0. The van der Waals surface area contributed by atoms with Crippen LogP contribution in [0.4, 0.5) is 0 Å². The first kappa shape index (κ1) is 5.86. The zero-order valence-electron chi connectivity index (χ0n) is 5.00. The summed E-state index contributed by atoms with van der Waals surface area (Å²) in [6, 6.07) is 0. The van der Waals surface area contributed by atoms with E-state index in [0.29, 0.717) is 21.2 Å². The van der Waals surface area contributed by atoms with E-state index < -0.39 is 0 Å². The molecule has 1 heteroatoms. The molecular formula is C6H12I-. The molecule has 0 atom stereocenters. The third-order valence-electron chi connectivity index (χ3n) is 1.36. The average Bonchev–Trinajstić information content (AvgIpc) is 1.84. The molecule has 0 N–H and O–H groups in total. The first-order chi connectivity index (χ1) is 3.21. The van der Waals surface area contributed by atoms with Crippen molar-refractivity contribution in [3.8, 4) is 0 Å². The number of rotatable bonds is 0. The fourth-order valence-corrected chi connectivity index (χ4v) is 3.86. The van der Waals surface area contributed by atoms with Gasteiger partial charge in [-0.05, 0) is 0 Å². The van der Waals surface area contributed by atoms with Crippen LogP contribution in [0.5, 0.6) is 0 Å². The molecule has 0 nitrogen and oxygen atoms in total. The van der Waals surface area contributed by atoms with Gasteiger partial charge in [0.25, 0.3) is 0 Å². The van der Waals surface area contributed by atoms with Gasteiger partial charge in [-0.15, -0.1) is 0 Å². The fourth-order valence-electron chi connectivity index (χ4n) is 0.877. The van der Waals surface area contributed by atoms with Crippen LogP contribution < -0.4 is 21.2 Å². The standard InChI is InChI=1S/C6H12I/c1-6(2)4-3-5-7-6/h3-5H2,1-2H3/q-1. The molecule has 0 unspecified atom stereocenters. The Morgan fingerprint density at radius 2 is 2.14 bits per heavy atom. The van der Waals surface area contributed by atoms with Crippen molar-refractivity contribution in [1.29, 1.82) is 0 Å². The summed E-state index contributed by atoms with van der Waals surface area (Å²) in [6.45, 7) is 4.82. The molecule has 1 rings (SSSR count). The van der Waals surface area contributed by atoms with Crippen LogP contribution in [0.1, 0.15) is 26.7 Å². The summed E-state index contributed by atoms with van der Waals surface area (Å²) < 4.78 is 2.38. The van der Waals surface area contributed by atoms with E-state index in [9.17, 15) is 0 Å². The van der Waals surface area contributed by atoms with Crippen LogP contribution in [-0.4, -0.2) is 7.85 Å². The molecule has 1 aliphatic heterocycles. The molecule has 7 heavy (non-hydrogen) atoms. The molecule has 1 saturated heterocycles. The number of hydrogen-bond donors (Lipinski definition) is 0. The third kappa shape index (κ3) is 1.59. The van der Waals surface area contributed by atoms with Gasteiger partial charge in [0.1, 0.15) is 0 Å². The molecule has 44 valence electrons. The second-order valence-corrected chi connectivity index (χ2v) is 7.41. The molecule has 1 heterocycles. The summed E-state index contributed by atoms with van der Waals surface area (Å²) in [7, 11) is 0. The first-order valence-electron chi connectivity index (χ1n) is 2.81. The van der Waals surface area contributed by atoms with Crippen molar-refractivity contribution in [3.05, 3.63) is 0 Å². The van der Waals surface area contributed by atoms with Crippen molar-refractivity contribution in [2.45, 2.75) is 30.1 Å². The van der Waals surface area contributed by atoms with Gasteiger partial charge in [0, 0.05) is 0 Å². The summed E-state index contributed by atoms with van der Waals surface area (Å²) in [4.78, 5) is 0. The first-order valence-corrected chi connectivity index (χ1v) is 5.41. The molecule has 0 bridgehead atoms. The van der Waals surface area contributed by atoms with Crippen LogP contribution in [0.2, 0.25) is 0 Å². The Morgan fingerprint density at radius 1 is 1.43 bits per heavy atom. The van der Waals surface area contributed by atoms with Gasteiger partial charge in [-0.1, -0.05) is 0 Å². The number of hydrogen-bond acceptors (Lipinski definition) is 0. The summed E-state index contributed by atoms with van der Waals surface area (Å²) in [5.41, 5.74) is 0. The molecule has 0 aromatic carbocycles. The van der Waals surface area contributed by atoms with Crippen LogP contribution in [0, 0.1) is 0 Å². The van der Waals surface area contributed by atoms with E-state index in [1.54, 1.807) is 4.43 Å². The van der Waals surface area contributed by atoms with Crippen molar-refractivity contribution >= 4 is 0 Å². The molecule has 0 aliphatic carbocycles. The van der Waals surface area contributed by atoms with Crippen molar-refractivity contribution in [2.75, 3.05) is 4.43 Å². The van der Waals surface area contributed by atoms with Crippen LogP contribution >= 0.6 is 0 Å². The van der Waals surface area contributed by atoms with Crippen molar-refractivity contribution < 1.29 is 21.2 Å². The van der Waals surface area contributed by atoms with E-state index in [-0.39, 0.29) is 0 Å². The minimum absolute atomic E-state index is 0.596. The quantitative estimate of drug-likeness (QED) is 0.343. The van der Waals surface area contributed by atoms with Crippen LogP contribution in [0.25, 0.3) is 0 Å². The Morgan fingerprint density at radius 3 is 2.29 bits per heavy atom. The van der Waals surface area contributed by atoms with Gasteiger partial charge in [-0.25, -0.2) is 0 Å². The summed E-state index contributed by atoms with van der Waals surface area (Å²) in [6.07, 6.45) is 3.01. The fraction of sp³-hybridized carbons (Fsp3) is 1.00. The van der Waals surface area contributed by atoms with Gasteiger partial charge in [-0.3, -0.25) is 0 Å². The second kappa shape index (κ2) is 1.92. The predicted octanol–water partition coefficient (Wildman–Crippen LogP) is -1.35. The Hall–Kier alpha value is 0.730. The summed E-state index contributed by atoms with van der Waals surface area (Å²) >= 11 is 0.596. The van der Waals surface area contributed by atoms with E-state index in [2.05, 4.69) is 13.8 Å². The third-order valence-corrected chi connectivity index (χ3v) is 5.27. The molecular weight excluding hydrogens is 199 g/mol. The van der Waals surface area contributed by atoms with Crippen molar-refractivity contribution in [2.24, 2.45) is 0 Å². The van der Waals surface area contributed by atoms with Gasteiger partial charge in [0.2, 0.25) is 0 Å². The predicted molar refractivity (Wildman–Crippen MR) is 28.2 cm³/mol. The molecule has 0 aromatic rings. The molecule has 0 amide bonds. The molecule has 1 fully saturated rings. The molecule has 0 spiro atoms. The zero-order chi connectivity index (χ0) is 5.33. The molecule has 0 aromatic heterocycles. The van der Waals surface area contributed by atoms with Gasteiger partial charge < -0.3 is 0 Å². The van der Waals surface area contributed by atoms with Gasteiger partial charge in [0.05, 0.1) is 0 Å². The van der Waals surface area contributed by atoms with Crippen LogP contribution in [0.15, 0.2) is 0 Å². The SMILES string of the molecule is CC1(C)CCC[I-]1. The second-order valence-electron chi connectivity index (χ2n) is 2.64. The van der Waals surface area contributed by atoms with E-state index in [1.807, 2.05) is 0 Å². The Kier molecular flexibility index (Phi) is 1.61. The number of halogens is 1. The topological polar surface area (TPSA) is 0 Å². The monoisotopic (exact) mass is 211 g/mol. The van der Waals surface area contributed by atoms with E-state index in [4.69, 9.17) is 0 Å². The zero-order valence-corrected chi connectivity index (χ0v) is 7.16. The molecule has 0 radical (unpaired) electrons. The molecule has 1 aliphatic rings. The van der Waals surface area contributed by atoms with E-state index in [0.717, 1.165) is 3.42 Å². The maximum absolute atomic E-state index is 2.41. The van der Waals surface area contributed by atoms with Crippen molar-refractivity contribution in [1.82, 2.24) is 0 Å². The molecule has 0 saturated carbocycles. The van der Waals surface area contributed by atoms with Gasteiger partial charge in [0.15, 0.2) is 0 Å². The average molecular weight is 211 g/mol. The minimum atomic E-state index is 0.596. The van der Waals surface area contributed by atoms with Gasteiger partial charge >= 0.3 is 55.7 Å². The van der Waals surface area contributed by atoms with E-state index >= 15 is 0 Å². The summed E-state index contributed by atoms with van der Waals surface area (Å²) in [5.74, 6) is 0.